The fourth-order valence-corrected chi connectivity index (χ4v) is 3.40. The molecule has 0 bridgehead atoms. The molecule has 0 amide bonds. The molecule has 1 aromatic carbocycles. The van der Waals surface area contributed by atoms with Gasteiger partial charge in [0.25, 0.3) is 0 Å². The fourth-order valence-electron chi connectivity index (χ4n) is 2.69. The first-order valence-electron chi connectivity index (χ1n) is 9.25. The SMILES string of the molecule is COc1ccc(NC(=NCc2nnc(C)n2C)NCCc2cccs2)cc1OC.I. The largest absolute Gasteiger partial charge is 0.493 e. The first-order valence-corrected chi connectivity index (χ1v) is 10.1. The van der Waals surface area contributed by atoms with E-state index >= 15 is 0 Å². The molecule has 2 aromatic heterocycles. The molecule has 0 atom stereocenters. The maximum Gasteiger partial charge on any atom is 0.196 e. The lowest BCUT2D eigenvalue weighted by atomic mass is 10.2. The van der Waals surface area contributed by atoms with Crippen molar-refractivity contribution in [2.24, 2.45) is 12.0 Å². The molecule has 8 nitrogen and oxygen atoms in total. The second-order valence-corrected chi connectivity index (χ2v) is 7.37. The van der Waals surface area contributed by atoms with Crippen molar-refractivity contribution in [1.82, 2.24) is 20.1 Å². The van der Waals surface area contributed by atoms with Gasteiger partial charge in [-0.3, -0.25) is 0 Å². The first-order chi connectivity index (χ1) is 14.1. The Bertz CT molecular complexity index is 958. The Balaban J connectivity index is 0.00000320. The number of aromatic nitrogens is 3. The number of guanidine groups is 1. The van der Waals surface area contributed by atoms with E-state index in [4.69, 9.17) is 9.47 Å². The molecule has 10 heteroatoms. The van der Waals surface area contributed by atoms with Crippen LogP contribution < -0.4 is 20.1 Å². The minimum absolute atomic E-state index is 0. The van der Waals surface area contributed by atoms with Crippen LogP contribution >= 0.6 is 35.3 Å². The highest BCUT2D eigenvalue weighted by Crippen LogP contribution is 2.29. The maximum absolute atomic E-state index is 5.39. The fraction of sp³-hybridized carbons (Fsp3) is 0.350. The standard InChI is InChI=1S/C20H26N6O2S.HI/c1-14-24-25-19(26(14)2)13-22-20(21-10-9-16-6-5-11-29-16)23-15-7-8-17(27-3)18(12-15)28-4;/h5-8,11-12H,9-10,13H2,1-4H3,(H2,21,22,23);1H. The number of ether oxygens (including phenoxy) is 2. The number of aliphatic imine (C=N–C) groups is 1. The summed E-state index contributed by atoms with van der Waals surface area (Å²) in [4.78, 5) is 6.01. The van der Waals surface area contributed by atoms with Gasteiger partial charge in [-0.1, -0.05) is 6.07 Å². The number of nitrogens with one attached hydrogen (secondary N) is 2. The summed E-state index contributed by atoms with van der Waals surface area (Å²) in [6.45, 7) is 3.10. The number of aryl methyl sites for hydroxylation is 1. The summed E-state index contributed by atoms with van der Waals surface area (Å²) in [6, 6.07) is 9.85. The van der Waals surface area contributed by atoms with Crippen molar-refractivity contribution < 1.29 is 9.47 Å². The number of nitrogens with zero attached hydrogens (tertiary/aromatic N) is 4. The number of methoxy groups -OCH3 is 2. The van der Waals surface area contributed by atoms with Crippen LogP contribution in [-0.2, 0) is 20.0 Å². The molecular weight excluding hydrogens is 515 g/mol. The van der Waals surface area contributed by atoms with Crippen LogP contribution in [0.1, 0.15) is 16.5 Å². The van der Waals surface area contributed by atoms with Crippen LogP contribution in [0.3, 0.4) is 0 Å². The van der Waals surface area contributed by atoms with Crippen molar-refractivity contribution in [2.75, 3.05) is 26.1 Å². The zero-order valence-corrected chi connectivity index (χ0v) is 20.7. The van der Waals surface area contributed by atoms with Crippen molar-refractivity contribution in [3.05, 3.63) is 52.2 Å². The molecule has 0 radical (unpaired) electrons. The number of benzene rings is 1. The lowest BCUT2D eigenvalue weighted by molar-refractivity contribution is 0.355. The van der Waals surface area contributed by atoms with Gasteiger partial charge in [-0.2, -0.15) is 0 Å². The van der Waals surface area contributed by atoms with E-state index in [-0.39, 0.29) is 24.0 Å². The molecule has 3 aromatic rings. The van der Waals surface area contributed by atoms with Gasteiger partial charge in [0.1, 0.15) is 12.4 Å². The topological polar surface area (TPSA) is 85.6 Å². The lowest BCUT2D eigenvalue weighted by Crippen LogP contribution is -2.32. The zero-order chi connectivity index (χ0) is 20.6. The molecule has 0 saturated heterocycles. The third-order valence-electron chi connectivity index (χ3n) is 4.45. The molecule has 0 fully saturated rings. The second-order valence-electron chi connectivity index (χ2n) is 6.34. The summed E-state index contributed by atoms with van der Waals surface area (Å²) in [5, 5.41) is 17.1. The number of hydrogen-bond donors (Lipinski definition) is 2. The number of anilines is 1. The molecule has 30 heavy (non-hydrogen) atoms. The van der Waals surface area contributed by atoms with Crippen LogP contribution in [0.2, 0.25) is 0 Å². The summed E-state index contributed by atoms with van der Waals surface area (Å²) in [7, 11) is 5.17. The first kappa shape index (κ1) is 23.9. The summed E-state index contributed by atoms with van der Waals surface area (Å²) in [5.74, 6) is 3.65. The third kappa shape index (κ3) is 6.33. The average Bonchev–Trinajstić information content (AvgIpc) is 3.36. The second kappa shape index (κ2) is 11.7. The minimum Gasteiger partial charge on any atom is -0.493 e. The van der Waals surface area contributed by atoms with Crippen LogP contribution in [-0.4, -0.2) is 41.5 Å². The number of halogens is 1. The highest BCUT2D eigenvalue weighted by atomic mass is 127. The molecule has 162 valence electrons. The van der Waals surface area contributed by atoms with E-state index in [0.29, 0.717) is 24.0 Å². The quantitative estimate of drug-likeness (QED) is 0.257. The van der Waals surface area contributed by atoms with E-state index < -0.39 is 0 Å². The molecule has 0 unspecified atom stereocenters. The Kier molecular flexibility index (Phi) is 9.37. The molecule has 0 aliphatic rings. The highest BCUT2D eigenvalue weighted by molar-refractivity contribution is 14.0. The molecule has 0 aliphatic carbocycles. The Morgan fingerprint density at radius 3 is 2.60 bits per heavy atom. The third-order valence-corrected chi connectivity index (χ3v) is 5.39. The van der Waals surface area contributed by atoms with Gasteiger partial charge in [-0.25, -0.2) is 4.99 Å². The van der Waals surface area contributed by atoms with Gasteiger partial charge in [-0.15, -0.1) is 45.5 Å². The van der Waals surface area contributed by atoms with Crippen LogP contribution in [0.5, 0.6) is 11.5 Å². The van der Waals surface area contributed by atoms with Gasteiger partial charge in [0, 0.05) is 30.2 Å². The predicted molar refractivity (Wildman–Crippen MR) is 131 cm³/mol. The zero-order valence-electron chi connectivity index (χ0n) is 17.5. The van der Waals surface area contributed by atoms with Gasteiger partial charge in [0.05, 0.1) is 14.2 Å². The van der Waals surface area contributed by atoms with Crippen LogP contribution in [0.25, 0.3) is 0 Å². The van der Waals surface area contributed by atoms with Crippen molar-refractivity contribution in [3.8, 4) is 11.5 Å². The molecule has 2 N–H and O–H groups in total. The molecule has 2 heterocycles. The Labute approximate surface area is 197 Å². The number of hydrogen-bond acceptors (Lipinski definition) is 6. The van der Waals surface area contributed by atoms with Gasteiger partial charge in [0.2, 0.25) is 0 Å². The van der Waals surface area contributed by atoms with E-state index in [2.05, 4.69) is 43.3 Å². The van der Waals surface area contributed by atoms with E-state index in [1.807, 2.05) is 36.7 Å². The van der Waals surface area contributed by atoms with E-state index in [9.17, 15) is 0 Å². The van der Waals surface area contributed by atoms with Gasteiger partial charge >= 0.3 is 0 Å². The van der Waals surface area contributed by atoms with E-state index in [1.165, 1.54) is 4.88 Å². The summed E-state index contributed by atoms with van der Waals surface area (Å²) >= 11 is 1.75. The molecule has 0 saturated carbocycles. The average molecular weight is 542 g/mol. The van der Waals surface area contributed by atoms with E-state index in [0.717, 1.165) is 30.3 Å². The van der Waals surface area contributed by atoms with Crippen molar-refractivity contribution in [2.45, 2.75) is 19.9 Å². The Morgan fingerprint density at radius 2 is 1.97 bits per heavy atom. The summed E-state index contributed by atoms with van der Waals surface area (Å²) in [5.41, 5.74) is 0.846. The van der Waals surface area contributed by atoms with Crippen molar-refractivity contribution >= 4 is 47.0 Å². The van der Waals surface area contributed by atoms with Crippen LogP contribution in [0, 0.1) is 6.92 Å². The monoisotopic (exact) mass is 542 g/mol. The highest BCUT2D eigenvalue weighted by Gasteiger charge is 2.08. The predicted octanol–water partition coefficient (Wildman–Crippen LogP) is 3.62. The summed E-state index contributed by atoms with van der Waals surface area (Å²) in [6.07, 6.45) is 0.924. The number of rotatable bonds is 8. The van der Waals surface area contributed by atoms with Crippen molar-refractivity contribution in [3.63, 3.8) is 0 Å². The molecule has 0 aliphatic heterocycles. The van der Waals surface area contributed by atoms with Gasteiger partial charge < -0.3 is 24.7 Å². The van der Waals surface area contributed by atoms with Gasteiger partial charge in [-0.05, 0) is 36.9 Å². The van der Waals surface area contributed by atoms with Crippen molar-refractivity contribution in [1.29, 1.82) is 0 Å². The Morgan fingerprint density at radius 1 is 1.17 bits per heavy atom. The molecular formula is C20H27IN6O2S. The van der Waals surface area contributed by atoms with E-state index in [1.54, 1.807) is 25.6 Å². The molecule has 3 rings (SSSR count). The maximum atomic E-state index is 5.39. The Hall–Kier alpha value is -2.34. The normalized spacial score (nSPS) is 11.0. The summed E-state index contributed by atoms with van der Waals surface area (Å²) < 4.78 is 12.6. The lowest BCUT2D eigenvalue weighted by Gasteiger charge is -2.14. The minimum atomic E-state index is 0. The molecule has 0 spiro atoms. The van der Waals surface area contributed by atoms with Crippen LogP contribution in [0.4, 0.5) is 5.69 Å². The van der Waals surface area contributed by atoms with Gasteiger partial charge in [0.15, 0.2) is 23.3 Å². The van der Waals surface area contributed by atoms with Crippen LogP contribution in [0.15, 0.2) is 40.7 Å². The smallest absolute Gasteiger partial charge is 0.196 e. The number of thiophene rings is 1.